The van der Waals surface area contributed by atoms with Gasteiger partial charge in [-0.25, -0.2) is 19.1 Å². The Kier molecular flexibility index (Phi) is 6.98. The second-order valence-electron chi connectivity index (χ2n) is 9.00. The molecule has 4 rings (SSSR count). The van der Waals surface area contributed by atoms with Crippen LogP contribution in [0, 0.1) is 6.92 Å². The van der Waals surface area contributed by atoms with E-state index in [2.05, 4.69) is 4.98 Å². The Labute approximate surface area is 210 Å². The van der Waals surface area contributed by atoms with Crippen LogP contribution < -0.4 is 11.2 Å². The average molecular weight is 514 g/mol. The minimum Gasteiger partial charge on any atom is -0.480 e. The van der Waals surface area contributed by atoms with Crippen LogP contribution in [-0.4, -0.2) is 43.0 Å². The van der Waals surface area contributed by atoms with Crippen molar-refractivity contribution >= 4 is 27.5 Å². The maximum Gasteiger partial charge on any atom is 0.333 e. The minimum absolute atomic E-state index is 0.0232. The van der Waals surface area contributed by atoms with Gasteiger partial charge >= 0.3 is 11.7 Å². The molecule has 0 aliphatic carbocycles. The Bertz CT molecular complexity index is 1500. The number of ether oxygens (including phenoxy) is 1. The number of thiophene rings is 1. The molecular formula is C25H27N3O7S. The topological polar surface area (TPSA) is 137 Å². The van der Waals surface area contributed by atoms with Gasteiger partial charge in [-0.3, -0.25) is 9.36 Å². The predicted molar refractivity (Wildman–Crippen MR) is 134 cm³/mol. The first kappa shape index (κ1) is 25.5. The van der Waals surface area contributed by atoms with Gasteiger partial charge in [-0.1, -0.05) is 30.3 Å². The Morgan fingerprint density at radius 1 is 1.25 bits per heavy atom. The Balaban J connectivity index is 2.03. The summed E-state index contributed by atoms with van der Waals surface area (Å²) < 4.78 is 13.7. The lowest BCUT2D eigenvalue weighted by Crippen LogP contribution is -2.52. The summed E-state index contributed by atoms with van der Waals surface area (Å²) in [7, 11) is 0. The maximum absolute atomic E-state index is 13.8. The molecule has 4 aromatic rings. The summed E-state index contributed by atoms with van der Waals surface area (Å²) in [6, 6.07) is 9.19. The highest BCUT2D eigenvalue weighted by Crippen LogP contribution is 2.36. The highest BCUT2D eigenvalue weighted by atomic mass is 32.1. The number of nitrogens with zero attached hydrogens (tertiary/aromatic N) is 3. The quantitative estimate of drug-likeness (QED) is 0.348. The summed E-state index contributed by atoms with van der Waals surface area (Å²) in [6.45, 7) is 5.79. The fourth-order valence-corrected chi connectivity index (χ4v) is 5.26. The molecular weight excluding hydrogens is 486 g/mol. The normalized spacial score (nSPS) is 13.7. The van der Waals surface area contributed by atoms with E-state index in [0.717, 1.165) is 10.1 Å². The maximum atomic E-state index is 13.8. The number of aromatic nitrogens is 3. The van der Waals surface area contributed by atoms with Crippen molar-refractivity contribution in [2.45, 2.75) is 52.0 Å². The van der Waals surface area contributed by atoms with E-state index in [0.29, 0.717) is 21.2 Å². The van der Waals surface area contributed by atoms with Crippen LogP contribution in [0.1, 0.15) is 38.0 Å². The summed E-state index contributed by atoms with van der Waals surface area (Å²) in [5, 5.41) is 19.7. The molecule has 11 heteroatoms. The number of benzene rings is 1. The summed E-state index contributed by atoms with van der Waals surface area (Å²) in [5.74, 6) is -1.03. The van der Waals surface area contributed by atoms with Crippen molar-refractivity contribution in [3.63, 3.8) is 0 Å². The molecule has 0 spiro atoms. The zero-order chi connectivity index (χ0) is 26.2. The van der Waals surface area contributed by atoms with E-state index in [-0.39, 0.29) is 18.5 Å². The van der Waals surface area contributed by atoms with Crippen LogP contribution in [0.25, 0.3) is 21.0 Å². The van der Waals surface area contributed by atoms with E-state index in [1.165, 1.54) is 42.2 Å². The van der Waals surface area contributed by atoms with Crippen LogP contribution in [0.4, 0.5) is 0 Å². The number of fused-ring (bicyclic) bond motifs is 1. The van der Waals surface area contributed by atoms with E-state index < -0.39 is 35.0 Å². The van der Waals surface area contributed by atoms with E-state index in [9.17, 15) is 24.6 Å². The van der Waals surface area contributed by atoms with E-state index in [1.807, 2.05) is 30.3 Å². The van der Waals surface area contributed by atoms with Gasteiger partial charge in [-0.05, 0) is 38.8 Å². The molecule has 2 N–H and O–H groups in total. The SMILES string of the molecule is Cc1c(-c2ncco2)sc2c1c(=O)n(C(C)(C)C(=O)O)c(=O)n2C[C@H](O[C@@H](C)CO)c1ccccc1. The van der Waals surface area contributed by atoms with Crippen LogP contribution in [0.3, 0.4) is 0 Å². The number of aryl methyl sites for hydroxylation is 1. The number of aliphatic hydroxyl groups excluding tert-OH is 1. The molecule has 0 saturated carbocycles. The molecule has 0 radical (unpaired) electrons. The fourth-order valence-electron chi connectivity index (χ4n) is 4.02. The molecule has 0 fully saturated rings. The summed E-state index contributed by atoms with van der Waals surface area (Å²) in [4.78, 5) is 44.6. The number of carboxylic acid groups (broad SMARTS) is 1. The second kappa shape index (κ2) is 9.84. The van der Waals surface area contributed by atoms with Gasteiger partial charge in [-0.2, -0.15) is 0 Å². The molecule has 0 aliphatic rings. The molecule has 3 heterocycles. The van der Waals surface area contributed by atoms with Crippen molar-refractivity contribution in [3.05, 3.63) is 74.8 Å². The summed E-state index contributed by atoms with van der Waals surface area (Å²) in [6.07, 6.45) is 1.69. The molecule has 0 amide bonds. The zero-order valence-corrected chi connectivity index (χ0v) is 21.1. The highest BCUT2D eigenvalue weighted by Gasteiger charge is 2.36. The third kappa shape index (κ3) is 4.41. The molecule has 0 unspecified atom stereocenters. The average Bonchev–Trinajstić information content (AvgIpc) is 3.49. The third-order valence-corrected chi connectivity index (χ3v) is 7.40. The first-order chi connectivity index (χ1) is 17.1. The lowest BCUT2D eigenvalue weighted by Gasteiger charge is -2.26. The van der Waals surface area contributed by atoms with Gasteiger partial charge in [0.05, 0.1) is 35.7 Å². The molecule has 190 valence electrons. The number of carbonyl (C=O) groups is 1. The Morgan fingerprint density at radius 3 is 2.53 bits per heavy atom. The third-order valence-electron chi connectivity index (χ3n) is 6.09. The fraction of sp³-hybridized carbons (Fsp3) is 0.360. The molecule has 1 aromatic carbocycles. The van der Waals surface area contributed by atoms with E-state index >= 15 is 0 Å². The van der Waals surface area contributed by atoms with Crippen molar-refractivity contribution in [2.24, 2.45) is 0 Å². The van der Waals surface area contributed by atoms with Gasteiger partial charge in [0.2, 0.25) is 5.89 Å². The molecule has 0 saturated heterocycles. The summed E-state index contributed by atoms with van der Waals surface area (Å²) >= 11 is 1.17. The van der Waals surface area contributed by atoms with Crippen LogP contribution in [0.15, 0.2) is 56.8 Å². The van der Waals surface area contributed by atoms with Crippen molar-refractivity contribution in [1.29, 1.82) is 0 Å². The van der Waals surface area contributed by atoms with Crippen LogP contribution in [0.2, 0.25) is 0 Å². The Morgan fingerprint density at radius 2 is 1.94 bits per heavy atom. The van der Waals surface area contributed by atoms with Gasteiger partial charge in [0.25, 0.3) is 5.56 Å². The largest absolute Gasteiger partial charge is 0.480 e. The van der Waals surface area contributed by atoms with Crippen molar-refractivity contribution in [1.82, 2.24) is 14.1 Å². The molecule has 36 heavy (non-hydrogen) atoms. The Hall–Kier alpha value is -3.54. The van der Waals surface area contributed by atoms with Crippen LogP contribution in [0.5, 0.6) is 0 Å². The smallest absolute Gasteiger partial charge is 0.333 e. The predicted octanol–water partition coefficient (Wildman–Crippen LogP) is 3.15. The number of rotatable bonds is 9. The molecule has 2 atom stereocenters. The number of hydrogen-bond acceptors (Lipinski definition) is 8. The second-order valence-corrected chi connectivity index (χ2v) is 10.00. The molecule has 0 bridgehead atoms. The monoisotopic (exact) mass is 513 g/mol. The standard InChI is InChI=1S/C25H27N3O7S/c1-14(13-29)35-17(16-8-6-5-7-9-16)12-27-22-18(15(2)19(36-22)20-26-10-11-34-20)21(30)28(24(27)33)25(3,4)23(31)32/h5-11,14,17,29H,12-13H2,1-4H3,(H,31,32)/t14-,17-/m0/s1. The van der Waals surface area contributed by atoms with Crippen molar-refractivity contribution in [2.75, 3.05) is 6.61 Å². The lowest BCUT2D eigenvalue weighted by molar-refractivity contribution is -0.146. The van der Waals surface area contributed by atoms with Crippen molar-refractivity contribution < 1.29 is 24.2 Å². The first-order valence-electron chi connectivity index (χ1n) is 11.3. The number of aliphatic hydroxyl groups is 1. The lowest BCUT2D eigenvalue weighted by atomic mass is 10.1. The first-order valence-corrected chi connectivity index (χ1v) is 12.1. The minimum atomic E-state index is -1.82. The van der Waals surface area contributed by atoms with Crippen LogP contribution >= 0.6 is 11.3 Å². The van der Waals surface area contributed by atoms with Gasteiger partial charge in [-0.15, -0.1) is 11.3 Å². The van der Waals surface area contributed by atoms with Gasteiger partial charge in [0.1, 0.15) is 22.7 Å². The van der Waals surface area contributed by atoms with Crippen molar-refractivity contribution in [3.8, 4) is 10.8 Å². The van der Waals surface area contributed by atoms with Gasteiger partial charge < -0.3 is 19.4 Å². The zero-order valence-electron chi connectivity index (χ0n) is 20.3. The number of hydrogen-bond donors (Lipinski definition) is 2. The number of carboxylic acids is 1. The molecule has 3 aromatic heterocycles. The summed E-state index contributed by atoms with van der Waals surface area (Å²) in [5.41, 5.74) is -2.00. The molecule has 0 aliphatic heterocycles. The number of aliphatic carboxylic acids is 1. The number of oxazole rings is 1. The van der Waals surface area contributed by atoms with Crippen LogP contribution in [-0.2, 0) is 21.6 Å². The molecule has 10 nitrogen and oxygen atoms in total. The van der Waals surface area contributed by atoms with E-state index in [1.54, 1.807) is 13.8 Å². The highest BCUT2D eigenvalue weighted by molar-refractivity contribution is 7.22. The van der Waals surface area contributed by atoms with Gasteiger partial charge in [0.15, 0.2) is 0 Å². The van der Waals surface area contributed by atoms with E-state index in [4.69, 9.17) is 9.15 Å². The van der Waals surface area contributed by atoms with Gasteiger partial charge in [0, 0.05) is 0 Å².